The molecule has 1 aromatic carbocycles. The first-order chi connectivity index (χ1) is 7.75. The van der Waals surface area contributed by atoms with Crippen LogP contribution < -0.4 is 0 Å². The summed E-state index contributed by atoms with van der Waals surface area (Å²) in [6, 6.07) is 13.0. The van der Waals surface area contributed by atoms with Crippen molar-refractivity contribution < 1.29 is 0 Å². The minimum atomic E-state index is 0.595. The summed E-state index contributed by atoms with van der Waals surface area (Å²) in [6.45, 7) is 4.46. The van der Waals surface area contributed by atoms with Crippen LogP contribution in [0.1, 0.15) is 36.5 Å². The number of nitrogens with zero attached hydrogens (tertiary/aromatic N) is 1. The van der Waals surface area contributed by atoms with Crippen LogP contribution in [0.25, 0.3) is 0 Å². The summed E-state index contributed by atoms with van der Waals surface area (Å²) >= 11 is 0. The maximum atomic E-state index is 4.03. The molecular weight excluding hydrogens is 194 g/mol. The van der Waals surface area contributed by atoms with Crippen LogP contribution in [0, 0.1) is 0 Å². The van der Waals surface area contributed by atoms with E-state index in [2.05, 4.69) is 55.2 Å². The van der Waals surface area contributed by atoms with Gasteiger partial charge in [0, 0.05) is 12.4 Å². The first-order valence-electron chi connectivity index (χ1n) is 5.73. The number of hydrogen-bond donors (Lipinski definition) is 0. The molecule has 2 rings (SSSR count). The third-order valence-corrected chi connectivity index (χ3v) is 2.78. The molecule has 1 heteroatoms. The Morgan fingerprint density at radius 3 is 2.44 bits per heavy atom. The van der Waals surface area contributed by atoms with Crippen LogP contribution in [-0.4, -0.2) is 4.98 Å². The largest absolute Gasteiger partial charge is 0.265 e. The molecule has 0 fully saturated rings. The van der Waals surface area contributed by atoms with E-state index in [1.807, 2.05) is 12.4 Å². The minimum Gasteiger partial charge on any atom is -0.265 e. The van der Waals surface area contributed by atoms with E-state index in [0.29, 0.717) is 5.92 Å². The topological polar surface area (TPSA) is 12.9 Å². The second-order valence-electron chi connectivity index (χ2n) is 4.43. The second-order valence-corrected chi connectivity index (χ2v) is 4.43. The van der Waals surface area contributed by atoms with E-state index in [0.717, 1.165) is 6.42 Å². The summed E-state index contributed by atoms with van der Waals surface area (Å²) in [5.41, 5.74) is 4.10. The Balaban J connectivity index is 2.19. The maximum absolute atomic E-state index is 4.03. The van der Waals surface area contributed by atoms with E-state index in [9.17, 15) is 0 Å². The fraction of sp³-hybridized carbons (Fsp3) is 0.267. The molecule has 0 amide bonds. The van der Waals surface area contributed by atoms with Gasteiger partial charge >= 0.3 is 0 Å². The molecule has 0 atom stereocenters. The Morgan fingerprint density at radius 2 is 1.75 bits per heavy atom. The lowest BCUT2D eigenvalue weighted by molar-refractivity contribution is 0.863. The van der Waals surface area contributed by atoms with Crippen molar-refractivity contribution in [1.29, 1.82) is 0 Å². The van der Waals surface area contributed by atoms with Crippen molar-refractivity contribution in [1.82, 2.24) is 4.98 Å². The Hall–Kier alpha value is -1.63. The molecule has 0 spiro atoms. The lowest BCUT2D eigenvalue weighted by Crippen LogP contribution is -1.92. The van der Waals surface area contributed by atoms with Crippen molar-refractivity contribution in [3.63, 3.8) is 0 Å². The number of pyridine rings is 1. The predicted octanol–water partition coefficient (Wildman–Crippen LogP) is 3.80. The van der Waals surface area contributed by atoms with Crippen LogP contribution >= 0.6 is 0 Å². The van der Waals surface area contributed by atoms with Gasteiger partial charge in [-0.15, -0.1) is 0 Å². The van der Waals surface area contributed by atoms with Crippen molar-refractivity contribution in [3.8, 4) is 0 Å². The third-order valence-electron chi connectivity index (χ3n) is 2.78. The summed E-state index contributed by atoms with van der Waals surface area (Å²) < 4.78 is 0. The summed E-state index contributed by atoms with van der Waals surface area (Å²) in [6.07, 6.45) is 4.69. The zero-order chi connectivity index (χ0) is 11.4. The quantitative estimate of drug-likeness (QED) is 0.752. The van der Waals surface area contributed by atoms with Gasteiger partial charge in [-0.05, 0) is 41.2 Å². The standard InChI is InChI=1S/C15H17N/c1-12(2)15-5-3-4-14(11-15)10-13-6-8-16-9-7-13/h3-9,11-12H,10H2,1-2H3. The SMILES string of the molecule is CC(C)c1cccc(Cc2ccncc2)c1. The normalized spacial score (nSPS) is 10.7. The highest BCUT2D eigenvalue weighted by molar-refractivity contribution is 5.30. The van der Waals surface area contributed by atoms with Crippen LogP contribution in [0.2, 0.25) is 0 Å². The molecule has 1 aromatic heterocycles. The molecule has 1 heterocycles. The van der Waals surface area contributed by atoms with Crippen LogP contribution in [0.5, 0.6) is 0 Å². The van der Waals surface area contributed by atoms with Crippen molar-refractivity contribution in [3.05, 3.63) is 65.5 Å². The fourth-order valence-electron chi connectivity index (χ4n) is 1.80. The molecule has 0 saturated heterocycles. The van der Waals surface area contributed by atoms with E-state index in [4.69, 9.17) is 0 Å². The molecule has 2 aromatic rings. The zero-order valence-electron chi connectivity index (χ0n) is 9.85. The molecule has 1 nitrogen and oxygen atoms in total. The molecule has 16 heavy (non-hydrogen) atoms. The van der Waals surface area contributed by atoms with Gasteiger partial charge in [-0.2, -0.15) is 0 Å². The highest BCUT2D eigenvalue weighted by Gasteiger charge is 2.01. The molecule has 0 aliphatic heterocycles. The maximum Gasteiger partial charge on any atom is 0.0270 e. The van der Waals surface area contributed by atoms with Crippen LogP contribution in [-0.2, 0) is 6.42 Å². The van der Waals surface area contributed by atoms with Crippen LogP contribution in [0.15, 0.2) is 48.8 Å². The molecule has 0 aliphatic carbocycles. The van der Waals surface area contributed by atoms with Gasteiger partial charge < -0.3 is 0 Å². The van der Waals surface area contributed by atoms with Crippen molar-refractivity contribution >= 4 is 0 Å². The monoisotopic (exact) mass is 211 g/mol. The van der Waals surface area contributed by atoms with Gasteiger partial charge in [0.15, 0.2) is 0 Å². The van der Waals surface area contributed by atoms with Crippen LogP contribution in [0.4, 0.5) is 0 Å². The van der Waals surface area contributed by atoms with Gasteiger partial charge in [-0.3, -0.25) is 4.98 Å². The fourth-order valence-corrected chi connectivity index (χ4v) is 1.80. The van der Waals surface area contributed by atoms with Gasteiger partial charge in [0.2, 0.25) is 0 Å². The molecular formula is C15H17N. The third kappa shape index (κ3) is 2.69. The van der Waals surface area contributed by atoms with Crippen molar-refractivity contribution in [2.45, 2.75) is 26.2 Å². The molecule has 0 bridgehead atoms. The smallest absolute Gasteiger partial charge is 0.0270 e. The Bertz CT molecular complexity index is 446. The van der Waals surface area contributed by atoms with Gasteiger partial charge in [0.05, 0.1) is 0 Å². The first kappa shape index (κ1) is 10.9. The number of benzene rings is 1. The van der Waals surface area contributed by atoms with Crippen molar-refractivity contribution in [2.75, 3.05) is 0 Å². The summed E-state index contributed by atoms with van der Waals surface area (Å²) in [5, 5.41) is 0. The highest BCUT2D eigenvalue weighted by atomic mass is 14.6. The Kier molecular flexibility index (Phi) is 3.35. The Labute approximate surface area is 97.2 Å². The lowest BCUT2D eigenvalue weighted by atomic mass is 9.98. The van der Waals surface area contributed by atoms with Gasteiger partial charge in [-0.25, -0.2) is 0 Å². The molecule has 0 saturated carbocycles. The number of rotatable bonds is 3. The zero-order valence-corrected chi connectivity index (χ0v) is 9.85. The lowest BCUT2D eigenvalue weighted by Gasteiger charge is -2.08. The van der Waals surface area contributed by atoms with Gasteiger partial charge in [-0.1, -0.05) is 38.1 Å². The van der Waals surface area contributed by atoms with Crippen molar-refractivity contribution in [2.24, 2.45) is 0 Å². The molecule has 0 aliphatic rings. The minimum absolute atomic E-state index is 0.595. The average molecular weight is 211 g/mol. The summed E-state index contributed by atoms with van der Waals surface area (Å²) in [5.74, 6) is 0.595. The molecule has 0 unspecified atom stereocenters. The number of hydrogen-bond acceptors (Lipinski definition) is 1. The highest BCUT2D eigenvalue weighted by Crippen LogP contribution is 2.17. The van der Waals surface area contributed by atoms with E-state index in [1.54, 1.807) is 0 Å². The molecule has 0 N–H and O–H groups in total. The van der Waals surface area contributed by atoms with Crippen LogP contribution in [0.3, 0.4) is 0 Å². The van der Waals surface area contributed by atoms with E-state index >= 15 is 0 Å². The molecule has 0 radical (unpaired) electrons. The van der Waals surface area contributed by atoms with E-state index in [1.165, 1.54) is 16.7 Å². The summed E-state index contributed by atoms with van der Waals surface area (Å²) in [7, 11) is 0. The van der Waals surface area contributed by atoms with Gasteiger partial charge in [0.1, 0.15) is 0 Å². The van der Waals surface area contributed by atoms with E-state index < -0.39 is 0 Å². The summed E-state index contributed by atoms with van der Waals surface area (Å²) in [4.78, 5) is 4.03. The average Bonchev–Trinajstić information content (AvgIpc) is 2.30. The predicted molar refractivity (Wildman–Crippen MR) is 67.6 cm³/mol. The second kappa shape index (κ2) is 4.93. The number of aromatic nitrogens is 1. The first-order valence-corrected chi connectivity index (χ1v) is 5.73. The Morgan fingerprint density at radius 1 is 1.00 bits per heavy atom. The van der Waals surface area contributed by atoms with Gasteiger partial charge in [0.25, 0.3) is 0 Å². The molecule has 82 valence electrons. The van der Waals surface area contributed by atoms with E-state index in [-0.39, 0.29) is 0 Å².